The van der Waals surface area contributed by atoms with E-state index in [0.717, 1.165) is 51.4 Å². The number of rotatable bonds is 12. The van der Waals surface area contributed by atoms with Crippen LogP contribution in [0.4, 0.5) is 0 Å². The van der Waals surface area contributed by atoms with Gasteiger partial charge in [0.25, 0.3) is 0 Å². The molecule has 0 amide bonds. The zero-order valence-corrected chi connectivity index (χ0v) is 15.9. The third kappa shape index (κ3) is 9.22. The molecular weight excluding hydrogens is 316 g/mol. The minimum atomic E-state index is -0.362. The number of carbonyl (C=O) groups is 1. The van der Waals surface area contributed by atoms with E-state index in [1.54, 1.807) is 0 Å². The predicted molar refractivity (Wildman–Crippen MR) is 101 cm³/mol. The molecule has 1 aliphatic carbocycles. The van der Waals surface area contributed by atoms with E-state index in [1.165, 1.54) is 13.5 Å². The van der Waals surface area contributed by atoms with Crippen molar-refractivity contribution in [2.45, 2.75) is 83.3 Å². The molecule has 0 saturated heterocycles. The van der Waals surface area contributed by atoms with Gasteiger partial charge in [-0.3, -0.25) is 4.79 Å². The van der Waals surface area contributed by atoms with Crippen molar-refractivity contribution in [2.75, 3.05) is 7.11 Å². The molecule has 4 unspecified atom stereocenters. The summed E-state index contributed by atoms with van der Waals surface area (Å²) in [4.78, 5) is 11.0. The zero-order valence-electron chi connectivity index (χ0n) is 15.9. The standard InChI is InChI=1S/C21H36O4/c1-3-4-7-10-18(22)15-13-17-14-16-20(23)19(17)11-8-5-6-9-12-21(24)25-2/h5,8,13,15,17-20,22-23H,3-4,6-7,9-12,14,16H2,1-2H3/b8-5+,15-13+. The monoisotopic (exact) mass is 352 g/mol. The number of hydrogen-bond donors (Lipinski definition) is 2. The van der Waals surface area contributed by atoms with Gasteiger partial charge in [-0.1, -0.05) is 50.5 Å². The molecule has 0 aromatic rings. The predicted octanol–water partition coefficient (Wildman–Crippen LogP) is 4.16. The maximum Gasteiger partial charge on any atom is 0.305 e. The van der Waals surface area contributed by atoms with E-state index in [0.29, 0.717) is 12.3 Å². The Bertz CT molecular complexity index is 416. The summed E-state index contributed by atoms with van der Waals surface area (Å²) in [6.45, 7) is 2.16. The highest BCUT2D eigenvalue weighted by Crippen LogP contribution is 2.36. The number of hydrogen-bond acceptors (Lipinski definition) is 4. The Kier molecular flexibility index (Phi) is 11.5. The highest BCUT2D eigenvalue weighted by Gasteiger charge is 2.32. The first-order valence-corrected chi connectivity index (χ1v) is 9.84. The molecule has 25 heavy (non-hydrogen) atoms. The second-order valence-corrected chi connectivity index (χ2v) is 7.10. The van der Waals surface area contributed by atoms with E-state index in [9.17, 15) is 15.0 Å². The number of aliphatic hydroxyl groups excluding tert-OH is 2. The quantitative estimate of drug-likeness (QED) is 0.314. The molecular formula is C21H36O4. The van der Waals surface area contributed by atoms with Crippen molar-refractivity contribution in [3.05, 3.63) is 24.3 Å². The summed E-state index contributed by atoms with van der Waals surface area (Å²) >= 11 is 0. The molecule has 4 atom stereocenters. The lowest BCUT2D eigenvalue weighted by Gasteiger charge is -2.18. The minimum Gasteiger partial charge on any atom is -0.469 e. The summed E-state index contributed by atoms with van der Waals surface area (Å²) in [5.41, 5.74) is 0. The molecule has 0 aromatic carbocycles. The van der Waals surface area contributed by atoms with Crippen LogP contribution in [0.5, 0.6) is 0 Å². The Morgan fingerprint density at radius 1 is 1.24 bits per heavy atom. The van der Waals surface area contributed by atoms with Crippen LogP contribution in [0, 0.1) is 11.8 Å². The number of methoxy groups -OCH3 is 1. The lowest BCUT2D eigenvalue weighted by molar-refractivity contribution is -0.140. The van der Waals surface area contributed by atoms with Crippen LogP contribution in [0.3, 0.4) is 0 Å². The van der Waals surface area contributed by atoms with Crippen LogP contribution in [0.2, 0.25) is 0 Å². The van der Waals surface area contributed by atoms with Crippen LogP contribution >= 0.6 is 0 Å². The SMILES string of the molecule is CCCCCC(O)/C=C/C1CCC(O)C1C/C=C/CCCC(=O)OC. The minimum absolute atomic E-state index is 0.165. The Labute approximate surface area is 153 Å². The van der Waals surface area contributed by atoms with Crippen LogP contribution in [-0.2, 0) is 9.53 Å². The Morgan fingerprint density at radius 2 is 2.04 bits per heavy atom. The molecule has 0 heterocycles. The molecule has 0 radical (unpaired) electrons. The number of allylic oxidation sites excluding steroid dienone is 3. The van der Waals surface area contributed by atoms with Crippen molar-refractivity contribution in [1.29, 1.82) is 0 Å². The molecule has 1 rings (SSSR count). The molecule has 1 saturated carbocycles. The van der Waals surface area contributed by atoms with Gasteiger partial charge < -0.3 is 14.9 Å². The van der Waals surface area contributed by atoms with E-state index < -0.39 is 0 Å². The van der Waals surface area contributed by atoms with Crippen molar-refractivity contribution in [3.63, 3.8) is 0 Å². The number of carbonyl (C=O) groups excluding carboxylic acids is 1. The molecule has 1 fully saturated rings. The molecule has 2 N–H and O–H groups in total. The molecule has 144 valence electrons. The average molecular weight is 353 g/mol. The smallest absolute Gasteiger partial charge is 0.305 e. The summed E-state index contributed by atoms with van der Waals surface area (Å²) in [5, 5.41) is 20.2. The van der Waals surface area contributed by atoms with Gasteiger partial charge in [-0.2, -0.15) is 0 Å². The summed E-state index contributed by atoms with van der Waals surface area (Å²) in [6, 6.07) is 0. The van der Waals surface area contributed by atoms with Crippen LogP contribution in [0.15, 0.2) is 24.3 Å². The Balaban J connectivity index is 2.34. The highest BCUT2D eigenvalue weighted by molar-refractivity contribution is 5.69. The van der Waals surface area contributed by atoms with Gasteiger partial charge >= 0.3 is 5.97 Å². The molecule has 0 aromatic heterocycles. The fourth-order valence-corrected chi connectivity index (χ4v) is 3.46. The summed E-state index contributed by atoms with van der Waals surface area (Å²) < 4.78 is 4.62. The van der Waals surface area contributed by atoms with E-state index in [-0.39, 0.29) is 24.1 Å². The van der Waals surface area contributed by atoms with Crippen LogP contribution in [0.1, 0.15) is 71.1 Å². The highest BCUT2D eigenvalue weighted by atomic mass is 16.5. The summed E-state index contributed by atoms with van der Waals surface area (Å²) in [6.07, 6.45) is 16.6. The van der Waals surface area contributed by atoms with E-state index in [1.807, 2.05) is 6.08 Å². The molecule has 0 spiro atoms. The first-order valence-electron chi connectivity index (χ1n) is 9.84. The molecule has 1 aliphatic rings. The topological polar surface area (TPSA) is 66.8 Å². The fraction of sp³-hybridized carbons (Fsp3) is 0.762. The van der Waals surface area contributed by atoms with Crippen LogP contribution in [0.25, 0.3) is 0 Å². The van der Waals surface area contributed by atoms with E-state index in [4.69, 9.17) is 0 Å². The van der Waals surface area contributed by atoms with Gasteiger partial charge in [-0.25, -0.2) is 0 Å². The number of ether oxygens (including phenoxy) is 1. The van der Waals surface area contributed by atoms with Crippen LogP contribution < -0.4 is 0 Å². The van der Waals surface area contributed by atoms with Gasteiger partial charge in [0.2, 0.25) is 0 Å². The lowest BCUT2D eigenvalue weighted by atomic mass is 9.90. The second-order valence-electron chi connectivity index (χ2n) is 7.10. The van der Waals surface area contributed by atoms with Gasteiger partial charge in [0, 0.05) is 6.42 Å². The van der Waals surface area contributed by atoms with Crippen molar-refractivity contribution >= 4 is 5.97 Å². The maximum absolute atomic E-state index is 11.0. The van der Waals surface area contributed by atoms with Gasteiger partial charge in [0.15, 0.2) is 0 Å². The first-order chi connectivity index (χ1) is 12.1. The van der Waals surface area contributed by atoms with E-state index >= 15 is 0 Å². The van der Waals surface area contributed by atoms with Gasteiger partial charge in [0.05, 0.1) is 19.3 Å². The Morgan fingerprint density at radius 3 is 2.76 bits per heavy atom. The third-order valence-corrected chi connectivity index (χ3v) is 5.08. The van der Waals surface area contributed by atoms with Crippen molar-refractivity contribution in [3.8, 4) is 0 Å². The third-order valence-electron chi connectivity index (χ3n) is 5.08. The summed E-state index contributed by atoms with van der Waals surface area (Å²) in [7, 11) is 1.41. The van der Waals surface area contributed by atoms with Gasteiger partial charge in [0.1, 0.15) is 0 Å². The second kappa shape index (κ2) is 13.1. The summed E-state index contributed by atoms with van der Waals surface area (Å²) in [5.74, 6) is 0.411. The van der Waals surface area contributed by atoms with Crippen molar-refractivity contribution in [2.24, 2.45) is 11.8 Å². The van der Waals surface area contributed by atoms with Crippen molar-refractivity contribution < 1.29 is 19.7 Å². The number of aliphatic hydroxyl groups is 2. The van der Waals surface area contributed by atoms with Gasteiger partial charge in [-0.05, 0) is 50.4 Å². The maximum atomic E-state index is 11.0. The number of esters is 1. The average Bonchev–Trinajstić information content (AvgIpc) is 2.96. The van der Waals surface area contributed by atoms with Gasteiger partial charge in [-0.15, -0.1) is 0 Å². The molecule has 0 aliphatic heterocycles. The Hall–Kier alpha value is -1.13. The number of unbranched alkanes of at least 4 members (excludes halogenated alkanes) is 3. The van der Waals surface area contributed by atoms with Crippen molar-refractivity contribution in [1.82, 2.24) is 0 Å². The fourth-order valence-electron chi connectivity index (χ4n) is 3.46. The van der Waals surface area contributed by atoms with Crippen LogP contribution in [-0.4, -0.2) is 35.5 Å². The molecule has 4 nitrogen and oxygen atoms in total. The molecule has 0 bridgehead atoms. The lowest BCUT2D eigenvalue weighted by Crippen LogP contribution is -2.17. The zero-order chi connectivity index (χ0) is 18.5. The first kappa shape index (κ1) is 21.9. The normalized spacial score (nSPS) is 25.0. The molecule has 4 heteroatoms. The van der Waals surface area contributed by atoms with E-state index in [2.05, 4.69) is 29.9 Å². The largest absolute Gasteiger partial charge is 0.469 e.